The summed E-state index contributed by atoms with van der Waals surface area (Å²) in [5.74, 6) is 0. The van der Waals surface area contributed by atoms with Crippen molar-refractivity contribution in [3.8, 4) is 6.07 Å². The fraction of sp³-hybridized carbons (Fsp3) is 0.462. The molecule has 0 unspecified atom stereocenters. The Balaban J connectivity index is 2.57. The first-order chi connectivity index (χ1) is 7.65. The number of anilines is 1. The van der Waals surface area contributed by atoms with Crippen LogP contribution in [0.2, 0.25) is 0 Å². The zero-order chi connectivity index (χ0) is 12.0. The topological polar surface area (TPSA) is 45.0 Å². The second kappa shape index (κ2) is 6.14. The highest BCUT2D eigenvalue weighted by atomic mass is 16.5. The van der Waals surface area contributed by atoms with Gasteiger partial charge in [-0.2, -0.15) is 5.26 Å². The van der Waals surface area contributed by atoms with E-state index in [-0.39, 0.29) is 6.10 Å². The molecule has 0 aromatic heterocycles. The van der Waals surface area contributed by atoms with Crippen LogP contribution < -0.4 is 5.32 Å². The van der Waals surface area contributed by atoms with Gasteiger partial charge in [0.15, 0.2) is 0 Å². The van der Waals surface area contributed by atoms with E-state index in [1.807, 2.05) is 39.0 Å². The molecule has 0 saturated heterocycles. The van der Waals surface area contributed by atoms with E-state index in [1.54, 1.807) is 0 Å². The van der Waals surface area contributed by atoms with Gasteiger partial charge in [0.2, 0.25) is 0 Å². The molecule has 0 aliphatic carbocycles. The minimum atomic E-state index is 0.245. The van der Waals surface area contributed by atoms with Gasteiger partial charge < -0.3 is 10.1 Å². The van der Waals surface area contributed by atoms with Crippen LogP contribution in [0.4, 0.5) is 5.69 Å². The van der Waals surface area contributed by atoms with Gasteiger partial charge >= 0.3 is 0 Å². The largest absolute Gasteiger partial charge is 0.381 e. The third-order valence-corrected chi connectivity index (χ3v) is 2.25. The van der Waals surface area contributed by atoms with Gasteiger partial charge in [-0.3, -0.25) is 0 Å². The van der Waals surface area contributed by atoms with Crippen molar-refractivity contribution in [2.24, 2.45) is 0 Å². The molecule has 0 fully saturated rings. The summed E-state index contributed by atoms with van der Waals surface area (Å²) < 4.78 is 5.43. The maximum atomic E-state index is 8.97. The van der Waals surface area contributed by atoms with Crippen LogP contribution in [0.3, 0.4) is 0 Å². The molecule has 1 rings (SSSR count). The average molecular weight is 218 g/mol. The van der Waals surface area contributed by atoms with Crippen LogP contribution in [0.15, 0.2) is 18.2 Å². The van der Waals surface area contributed by atoms with Gasteiger partial charge in [-0.1, -0.05) is 12.1 Å². The van der Waals surface area contributed by atoms with Gasteiger partial charge in [-0.15, -0.1) is 0 Å². The molecule has 1 N–H and O–H groups in total. The van der Waals surface area contributed by atoms with E-state index < -0.39 is 0 Å². The minimum absolute atomic E-state index is 0.245. The van der Waals surface area contributed by atoms with E-state index in [2.05, 4.69) is 11.4 Å². The van der Waals surface area contributed by atoms with Crippen LogP contribution in [0.5, 0.6) is 0 Å². The first kappa shape index (κ1) is 12.5. The lowest BCUT2D eigenvalue weighted by Gasteiger charge is -2.12. The molecule has 0 aliphatic rings. The molecule has 0 radical (unpaired) electrons. The van der Waals surface area contributed by atoms with Crippen molar-refractivity contribution in [2.45, 2.75) is 26.9 Å². The number of hydrogen-bond donors (Lipinski definition) is 1. The molecule has 3 nitrogen and oxygen atoms in total. The standard InChI is InChI=1S/C13H18N2O/c1-10(2)16-8-7-15-13-11(3)5-4-6-12(13)9-14/h4-6,10,15H,7-8H2,1-3H3. The number of hydrogen-bond acceptors (Lipinski definition) is 3. The van der Waals surface area contributed by atoms with Crippen molar-refractivity contribution in [3.05, 3.63) is 29.3 Å². The minimum Gasteiger partial charge on any atom is -0.381 e. The van der Waals surface area contributed by atoms with Crippen molar-refractivity contribution < 1.29 is 4.74 Å². The maximum Gasteiger partial charge on any atom is 0.101 e. The summed E-state index contributed by atoms with van der Waals surface area (Å²) in [5.41, 5.74) is 2.69. The van der Waals surface area contributed by atoms with E-state index in [0.29, 0.717) is 12.2 Å². The normalized spacial score (nSPS) is 10.2. The Morgan fingerprint density at radius 1 is 1.44 bits per heavy atom. The molecule has 0 heterocycles. The molecule has 0 saturated carbocycles. The third-order valence-electron chi connectivity index (χ3n) is 2.25. The van der Waals surface area contributed by atoms with Crippen LogP contribution in [0, 0.1) is 18.3 Å². The van der Waals surface area contributed by atoms with Crippen molar-refractivity contribution in [3.63, 3.8) is 0 Å². The van der Waals surface area contributed by atoms with E-state index in [1.165, 1.54) is 0 Å². The summed E-state index contributed by atoms with van der Waals surface area (Å²) in [6.07, 6.45) is 0.245. The molecule has 1 aromatic rings. The Morgan fingerprint density at radius 2 is 2.19 bits per heavy atom. The number of nitriles is 1. The van der Waals surface area contributed by atoms with Gasteiger partial charge in [0.25, 0.3) is 0 Å². The summed E-state index contributed by atoms with van der Waals surface area (Å²) in [4.78, 5) is 0. The molecule has 0 aliphatic heterocycles. The molecule has 16 heavy (non-hydrogen) atoms. The van der Waals surface area contributed by atoms with Crippen LogP contribution in [0.1, 0.15) is 25.0 Å². The van der Waals surface area contributed by atoms with Gasteiger partial charge in [-0.25, -0.2) is 0 Å². The van der Waals surface area contributed by atoms with Crippen LogP contribution in [0.25, 0.3) is 0 Å². The van der Waals surface area contributed by atoms with Crippen LogP contribution in [-0.2, 0) is 4.74 Å². The van der Waals surface area contributed by atoms with Crippen molar-refractivity contribution in [1.82, 2.24) is 0 Å². The maximum absolute atomic E-state index is 8.97. The number of rotatable bonds is 5. The van der Waals surface area contributed by atoms with E-state index in [9.17, 15) is 0 Å². The molecular formula is C13H18N2O. The van der Waals surface area contributed by atoms with Gasteiger partial charge in [0.1, 0.15) is 6.07 Å². The summed E-state index contributed by atoms with van der Waals surface area (Å²) in [6.45, 7) is 7.38. The zero-order valence-electron chi connectivity index (χ0n) is 10.1. The van der Waals surface area contributed by atoms with Crippen molar-refractivity contribution >= 4 is 5.69 Å². The number of benzene rings is 1. The SMILES string of the molecule is Cc1cccc(C#N)c1NCCOC(C)C. The molecule has 0 spiro atoms. The lowest BCUT2D eigenvalue weighted by Crippen LogP contribution is -2.14. The van der Waals surface area contributed by atoms with Crippen molar-refractivity contribution in [2.75, 3.05) is 18.5 Å². The van der Waals surface area contributed by atoms with E-state index >= 15 is 0 Å². The lowest BCUT2D eigenvalue weighted by atomic mass is 10.1. The number of para-hydroxylation sites is 1. The van der Waals surface area contributed by atoms with Gasteiger partial charge in [0, 0.05) is 6.54 Å². The second-order valence-electron chi connectivity index (χ2n) is 3.96. The quantitative estimate of drug-likeness (QED) is 0.773. The number of nitrogens with zero attached hydrogens (tertiary/aromatic N) is 1. The van der Waals surface area contributed by atoms with Gasteiger partial charge in [-0.05, 0) is 32.4 Å². The Kier molecular flexibility index (Phi) is 4.81. The van der Waals surface area contributed by atoms with Crippen LogP contribution >= 0.6 is 0 Å². The third kappa shape index (κ3) is 3.56. The Hall–Kier alpha value is -1.53. The lowest BCUT2D eigenvalue weighted by molar-refractivity contribution is 0.0870. The highest BCUT2D eigenvalue weighted by Gasteiger charge is 2.03. The Bertz CT molecular complexity index is 380. The number of ether oxygens (including phenoxy) is 1. The summed E-state index contributed by atoms with van der Waals surface area (Å²) in [5, 5.41) is 12.2. The van der Waals surface area contributed by atoms with Crippen molar-refractivity contribution in [1.29, 1.82) is 5.26 Å². The first-order valence-corrected chi connectivity index (χ1v) is 5.50. The molecule has 0 bridgehead atoms. The molecule has 0 amide bonds. The highest BCUT2D eigenvalue weighted by Crippen LogP contribution is 2.19. The molecular weight excluding hydrogens is 200 g/mol. The fourth-order valence-corrected chi connectivity index (χ4v) is 1.47. The molecule has 86 valence electrons. The van der Waals surface area contributed by atoms with E-state index in [4.69, 9.17) is 10.00 Å². The number of aryl methyl sites for hydroxylation is 1. The second-order valence-corrected chi connectivity index (χ2v) is 3.96. The van der Waals surface area contributed by atoms with E-state index in [0.717, 1.165) is 17.8 Å². The Labute approximate surface area is 97.0 Å². The predicted octanol–water partition coefficient (Wildman–Crippen LogP) is 2.70. The summed E-state index contributed by atoms with van der Waals surface area (Å²) in [7, 11) is 0. The summed E-state index contributed by atoms with van der Waals surface area (Å²) >= 11 is 0. The first-order valence-electron chi connectivity index (χ1n) is 5.50. The smallest absolute Gasteiger partial charge is 0.101 e. The summed E-state index contributed by atoms with van der Waals surface area (Å²) in [6, 6.07) is 7.89. The van der Waals surface area contributed by atoms with Crippen LogP contribution in [-0.4, -0.2) is 19.3 Å². The average Bonchev–Trinajstić information content (AvgIpc) is 2.25. The number of nitrogens with one attached hydrogen (secondary N) is 1. The predicted molar refractivity (Wildman–Crippen MR) is 65.5 cm³/mol. The molecule has 1 aromatic carbocycles. The molecule has 0 atom stereocenters. The Morgan fingerprint density at radius 3 is 2.81 bits per heavy atom. The fourth-order valence-electron chi connectivity index (χ4n) is 1.47. The molecule has 3 heteroatoms. The van der Waals surface area contributed by atoms with Gasteiger partial charge in [0.05, 0.1) is 24.0 Å². The highest BCUT2D eigenvalue weighted by molar-refractivity contribution is 5.62. The monoisotopic (exact) mass is 218 g/mol. The zero-order valence-corrected chi connectivity index (χ0v) is 10.1.